The van der Waals surface area contributed by atoms with Crippen molar-refractivity contribution in [2.24, 2.45) is 4.99 Å². The zero-order valence-electron chi connectivity index (χ0n) is 5.49. The predicted octanol–water partition coefficient (Wildman–Crippen LogP) is 3.29. The van der Waals surface area contributed by atoms with Crippen molar-refractivity contribution in [3.63, 3.8) is 0 Å². The Hall–Kier alpha value is 0.180. The Labute approximate surface area is 68.9 Å². The van der Waals surface area contributed by atoms with E-state index in [0.29, 0.717) is 5.16 Å². The molecule has 0 aromatic heterocycles. The van der Waals surface area contributed by atoms with Gasteiger partial charge in [0.25, 0.3) is 0 Å². The van der Waals surface area contributed by atoms with Crippen LogP contribution in [0.1, 0.15) is 20.3 Å². The molecule has 0 aliphatic heterocycles. The summed E-state index contributed by atoms with van der Waals surface area (Å²) in [6, 6.07) is 0. The molecule has 0 bridgehead atoms. The maximum Gasteiger partial charge on any atom is 0.138 e. The smallest absolute Gasteiger partial charge is 0.138 e. The number of hydrogen-bond donors (Lipinski definition) is 0. The fraction of sp³-hybridized carbons (Fsp3) is 0.500. The van der Waals surface area contributed by atoms with Crippen LogP contribution in [0.2, 0.25) is 0 Å². The van der Waals surface area contributed by atoms with E-state index in [-0.39, 0.29) is 0 Å². The van der Waals surface area contributed by atoms with Gasteiger partial charge in [-0.05, 0) is 13.3 Å². The van der Waals surface area contributed by atoms with E-state index < -0.39 is 0 Å². The highest BCUT2D eigenvalue weighted by molar-refractivity contribution is 9.11. The van der Waals surface area contributed by atoms with Gasteiger partial charge in [0, 0.05) is 10.7 Å². The summed E-state index contributed by atoms with van der Waals surface area (Å²) in [7, 11) is 0. The summed E-state index contributed by atoms with van der Waals surface area (Å²) in [5.41, 5.74) is 0. The molecule has 1 nitrogen and oxygen atoms in total. The van der Waals surface area contributed by atoms with Gasteiger partial charge in [-0.2, -0.15) is 0 Å². The van der Waals surface area contributed by atoms with Crippen molar-refractivity contribution in [3.8, 4) is 0 Å². The standard InChI is InChI=1S/C6H9BrClN/c1-3-5(7)6(8)9-4-2/h4H,3H2,1-2H3/b6-5+,9-4-. The first-order valence-electron chi connectivity index (χ1n) is 2.75. The van der Waals surface area contributed by atoms with Gasteiger partial charge in [0.1, 0.15) is 5.16 Å². The van der Waals surface area contributed by atoms with E-state index in [1.807, 2.05) is 13.8 Å². The molecule has 0 fully saturated rings. The first kappa shape index (κ1) is 9.18. The molecular weight excluding hydrogens is 201 g/mol. The van der Waals surface area contributed by atoms with Crippen molar-refractivity contribution >= 4 is 33.7 Å². The van der Waals surface area contributed by atoms with Gasteiger partial charge in [-0.25, -0.2) is 4.99 Å². The van der Waals surface area contributed by atoms with Crippen LogP contribution in [-0.4, -0.2) is 6.21 Å². The second kappa shape index (κ2) is 5.00. The minimum absolute atomic E-state index is 0.542. The average Bonchev–Trinajstić information content (AvgIpc) is 1.87. The molecular formula is C6H9BrClN. The van der Waals surface area contributed by atoms with E-state index in [9.17, 15) is 0 Å². The van der Waals surface area contributed by atoms with Crippen molar-refractivity contribution in [1.29, 1.82) is 0 Å². The molecule has 0 unspecified atom stereocenters. The van der Waals surface area contributed by atoms with Crippen LogP contribution in [0.5, 0.6) is 0 Å². The lowest BCUT2D eigenvalue weighted by atomic mass is 10.5. The molecule has 0 saturated carbocycles. The van der Waals surface area contributed by atoms with E-state index in [1.165, 1.54) is 0 Å². The zero-order valence-corrected chi connectivity index (χ0v) is 7.83. The Morgan fingerprint density at radius 2 is 2.33 bits per heavy atom. The lowest BCUT2D eigenvalue weighted by Crippen LogP contribution is -1.71. The molecule has 0 atom stereocenters. The van der Waals surface area contributed by atoms with Crippen molar-refractivity contribution in [2.45, 2.75) is 20.3 Å². The van der Waals surface area contributed by atoms with E-state index in [4.69, 9.17) is 11.6 Å². The molecule has 3 heteroatoms. The molecule has 52 valence electrons. The second-order valence-corrected chi connectivity index (χ2v) is 2.75. The lowest BCUT2D eigenvalue weighted by Gasteiger charge is -1.91. The van der Waals surface area contributed by atoms with Crippen LogP contribution in [0, 0.1) is 0 Å². The van der Waals surface area contributed by atoms with Crippen LogP contribution in [0.3, 0.4) is 0 Å². The number of nitrogens with zero attached hydrogens (tertiary/aromatic N) is 1. The fourth-order valence-corrected chi connectivity index (χ4v) is 0.663. The summed E-state index contributed by atoms with van der Waals surface area (Å²) in [5, 5.41) is 0.542. The SMILES string of the molecule is C/C=N\C(Cl)=C(\Br)CC. The maximum absolute atomic E-state index is 5.67. The molecule has 0 radical (unpaired) electrons. The fourth-order valence-electron chi connectivity index (χ4n) is 0.329. The van der Waals surface area contributed by atoms with Crippen molar-refractivity contribution < 1.29 is 0 Å². The third kappa shape index (κ3) is 3.71. The quantitative estimate of drug-likeness (QED) is 0.490. The number of rotatable bonds is 2. The van der Waals surface area contributed by atoms with Gasteiger partial charge in [-0.1, -0.05) is 34.5 Å². The average molecular weight is 211 g/mol. The van der Waals surface area contributed by atoms with Gasteiger partial charge in [0.15, 0.2) is 0 Å². The Bertz CT molecular complexity index is 140. The van der Waals surface area contributed by atoms with Crippen LogP contribution in [0.4, 0.5) is 0 Å². The molecule has 0 N–H and O–H groups in total. The highest BCUT2D eigenvalue weighted by Gasteiger charge is 1.93. The largest absolute Gasteiger partial charge is 0.248 e. The van der Waals surface area contributed by atoms with Crippen molar-refractivity contribution in [2.75, 3.05) is 0 Å². The third-order valence-corrected chi connectivity index (χ3v) is 2.27. The monoisotopic (exact) mass is 209 g/mol. The third-order valence-electron chi connectivity index (χ3n) is 0.777. The van der Waals surface area contributed by atoms with Crippen LogP contribution in [0.15, 0.2) is 14.6 Å². The van der Waals surface area contributed by atoms with Gasteiger partial charge in [-0.3, -0.25) is 0 Å². The molecule has 0 saturated heterocycles. The molecule has 0 amide bonds. The van der Waals surface area contributed by atoms with E-state index in [2.05, 4.69) is 20.9 Å². The summed E-state index contributed by atoms with van der Waals surface area (Å²) in [6.45, 7) is 3.84. The summed E-state index contributed by atoms with van der Waals surface area (Å²) >= 11 is 8.94. The van der Waals surface area contributed by atoms with Gasteiger partial charge in [-0.15, -0.1) is 0 Å². The summed E-state index contributed by atoms with van der Waals surface area (Å²) in [6.07, 6.45) is 2.55. The Morgan fingerprint density at radius 1 is 1.78 bits per heavy atom. The molecule has 0 spiro atoms. The molecule has 0 aromatic rings. The lowest BCUT2D eigenvalue weighted by molar-refractivity contribution is 1.18. The summed E-state index contributed by atoms with van der Waals surface area (Å²) in [4.78, 5) is 3.87. The maximum atomic E-state index is 5.67. The van der Waals surface area contributed by atoms with Crippen molar-refractivity contribution in [3.05, 3.63) is 9.64 Å². The van der Waals surface area contributed by atoms with E-state index in [0.717, 1.165) is 10.9 Å². The normalized spacial score (nSPS) is 14.2. The summed E-state index contributed by atoms with van der Waals surface area (Å²) in [5.74, 6) is 0. The zero-order chi connectivity index (χ0) is 7.28. The highest BCUT2D eigenvalue weighted by Crippen LogP contribution is 2.19. The van der Waals surface area contributed by atoms with Gasteiger partial charge in [0.2, 0.25) is 0 Å². The van der Waals surface area contributed by atoms with Crippen LogP contribution in [0.25, 0.3) is 0 Å². The number of aliphatic imine (C=N–C) groups is 1. The van der Waals surface area contributed by atoms with Crippen molar-refractivity contribution in [1.82, 2.24) is 0 Å². The topological polar surface area (TPSA) is 12.4 Å². The molecule has 0 aliphatic carbocycles. The summed E-state index contributed by atoms with van der Waals surface area (Å²) < 4.78 is 0.947. The Morgan fingerprint density at radius 3 is 2.67 bits per heavy atom. The number of allylic oxidation sites excluding steroid dienone is 1. The molecule has 9 heavy (non-hydrogen) atoms. The Balaban J connectivity index is 4.10. The van der Waals surface area contributed by atoms with Crippen LogP contribution >= 0.6 is 27.5 Å². The first-order chi connectivity index (χ1) is 4.22. The minimum atomic E-state index is 0.542. The molecule has 0 aromatic carbocycles. The molecule has 0 rings (SSSR count). The van der Waals surface area contributed by atoms with Gasteiger partial charge >= 0.3 is 0 Å². The van der Waals surface area contributed by atoms with E-state index in [1.54, 1.807) is 6.21 Å². The predicted molar refractivity (Wildman–Crippen MR) is 46.3 cm³/mol. The van der Waals surface area contributed by atoms with E-state index >= 15 is 0 Å². The van der Waals surface area contributed by atoms with Gasteiger partial charge < -0.3 is 0 Å². The molecule has 0 heterocycles. The number of hydrogen-bond acceptors (Lipinski definition) is 1. The Kier molecular flexibility index (Phi) is 5.10. The van der Waals surface area contributed by atoms with Crippen LogP contribution in [-0.2, 0) is 0 Å². The second-order valence-electron chi connectivity index (χ2n) is 1.44. The highest BCUT2D eigenvalue weighted by atomic mass is 79.9. The van der Waals surface area contributed by atoms with Crippen LogP contribution < -0.4 is 0 Å². The first-order valence-corrected chi connectivity index (χ1v) is 3.92. The minimum Gasteiger partial charge on any atom is -0.248 e. The van der Waals surface area contributed by atoms with Gasteiger partial charge in [0.05, 0.1) is 0 Å². The molecule has 0 aliphatic rings. The number of halogens is 2.